The number of nitrogens with zero attached hydrogens (tertiary/aromatic N) is 1. The van der Waals surface area contributed by atoms with Gasteiger partial charge in [0.05, 0.1) is 10.6 Å². The number of ketones is 1. The van der Waals surface area contributed by atoms with Crippen LogP contribution in [0.3, 0.4) is 0 Å². The Bertz CT molecular complexity index is 2530. The van der Waals surface area contributed by atoms with Gasteiger partial charge in [0.1, 0.15) is 16.4 Å². The Morgan fingerprint density at radius 3 is 1.76 bits per heavy atom. The van der Waals surface area contributed by atoms with Crippen LogP contribution in [0.5, 0.6) is 11.5 Å². The van der Waals surface area contributed by atoms with Crippen molar-refractivity contribution in [3.8, 4) is 11.5 Å². The third-order valence-corrected chi connectivity index (χ3v) is 9.69. The number of amides is 4. The van der Waals surface area contributed by atoms with Crippen molar-refractivity contribution in [2.75, 3.05) is 4.90 Å². The molecule has 0 aromatic heterocycles. The largest absolute Gasteiger partial charge is 0.456 e. The lowest BCUT2D eigenvalue weighted by atomic mass is 9.86. The highest BCUT2D eigenvalue weighted by Gasteiger charge is 2.38. The molecule has 0 saturated heterocycles. The maximum Gasteiger partial charge on any atom is 0.298 e. The van der Waals surface area contributed by atoms with Crippen LogP contribution in [-0.2, 0) is 20.2 Å². The van der Waals surface area contributed by atoms with Gasteiger partial charge in [-0.2, -0.15) is 16.8 Å². The molecule has 0 aliphatic carbocycles. The summed E-state index contributed by atoms with van der Waals surface area (Å²) < 4.78 is 71.8. The lowest BCUT2D eigenvalue weighted by Gasteiger charge is -2.29. The Morgan fingerprint density at radius 1 is 0.633 bits per heavy atom. The number of carbonyl (C=O) groups excluding carboxylic acids is 5. The van der Waals surface area contributed by atoms with Crippen molar-refractivity contribution in [3.05, 3.63) is 124 Å². The zero-order chi connectivity index (χ0) is 35.0. The molecule has 0 bridgehead atoms. The van der Waals surface area contributed by atoms with E-state index in [4.69, 9.17) is 9.29 Å². The molecular weight excluding hydrogens is 680 g/mol. The van der Waals surface area contributed by atoms with Crippen LogP contribution in [0.15, 0.2) is 101 Å². The Morgan fingerprint density at radius 2 is 1.18 bits per heavy atom. The van der Waals surface area contributed by atoms with Crippen molar-refractivity contribution < 1.29 is 54.7 Å². The monoisotopic (exact) mass is 698 g/mol. The van der Waals surface area contributed by atoms with Crippen LogP contribution in [0, 0.1) is 0 Å². The molecule has 5 aromatic rings. The molecule has 3 N–H and O–H groups in total. The van der Waals surface area contributed by atoms with Gasteiger partial charge in [-0.3, -0.25) is 38.4 Å². The van der Waals surface area contributed by atoms with Crippen LogP contribution in [0.1, 0.15) is 57.4 Å². The summed E-state index contributed by atoms with van der Waals surface area (Å²) in [5, 5.41) is 2.56. The molecule has 0 unspecified atom stereocenters. The predicted molar refractivity (Wildman–Crippen MR) is 169 cm³/mol. The van der Waals surface area contributed by atoms with Crippen LogP contribution in [0.25, 0.3) is 10.8 Å². The smallest absolute Gasteiger partial charge is 0.298 e. The number of benzene rings is 5. The Labute approximate surface area is 276 Å². The molecule has 16 heteroatoms. The van der Waals surface area contributed by atoms with Gasteiger partial charge >= 0.3 is 0 Å². The molecule has 244 valence electrons. The van der Waals surface area contributed by atoms with Gasteiger partial charge in [-0.1, -0.05) is 12.1 Å². The number of imide groups is 2. The quantitative estimate of drug-likeness (QED) is 0.125. The Kier molecular flexibility index (Phi) is 7.07. The molecule has 14 nitrogen and oxygen atoms in total. The van der Waals surface area contributed by atoms with E-state index < -0.39 is 65.2 Å². The van der Waals surface area contributed by atoms with Crippen molar-refractivity contribution in [2.24, 2.45) is 0 Å². The maximum atomic E-state index is 13.8. The van der Waals surface area contributed by atoms with Crippen molar-refractivity contribution in [1.82, 2.24) is 5.32 Å². The molecule has 0 fully saturated rings. The highest BCUT2D eigenvalue weighted by atomic mass is 32.2. The summed E-state index contributed by atoms with van der Waals surface area (Å²) in [6.07, 6.45) is 0. The number of ether oxygens (including phenoxy) is 1. The molecule has 0 atom stereocenters. The first-order valence-corrected chi connectivity index (χ1v) is 16.9. The fraction of sp³-hybridized carbons (Fsp3) is 0. The van der Waals surface area contributed by atoms with E-state index in [2.05, 4.69) is 5.32 Å². The molecule has 7 rings (SSSR count). The molecule has 49 heavy (non-hydrogen) atoms. The topological polar surface area (TPSA) is 219 Å². The summed E-state index contributed by atoms with van der Waals surface area (Å²) in [5.74, 6) is -4.10. The SMILES string of the molecule is O=C(c1cccc(N2C(=O)c3ccc4c5c(ccc(c35)C2=O)C(=O)NC4=O)c1)c1ccc(Oc2ccc(S(=O)(=O)O)cc2)c(S(=O)(=O)O)c1. The minimum Gasteiger partial charge on any atom is -0.456 e. The summed E-state index contributed by atoms with van der Waals surface area (Å²) in [5.41, 5.74) is 0.0814. The van der Waals surface area contributed by atoms with Crippen molar-refractivity contribution in [3.63, 3.8) is 0 Å². The summed E-state index contributed by atoms with van der Waals surface area (Å²) >= 11 is 0. The third-order valence-electron chi connectivity index (χ3n) is 7.94. The number of nitrogens with one attached hydrogen (secondary N) is 1. The van der Waals surface area contributed by atoms with Crippen molar-refractivity contribution in [2.45, 2.75) is 9.79 Å². The summed E-state index contributed by atoms with van der Waals surface area (Å²) in [6.45, 7) is 0. The third kappa shape index (κ3) is 5.24. The van der Waals surface area contributed by atoms with Gasteiger partial charge in [-0.05, 0) is 78.9 Å². The van der Waals surface area contributed by atoms with Gasteiger partial charge in [0.25, 0.3) is 43.9 Å². The first kappa shape index (κ1) is 31.5. The molecule has 0 saturated carbocycles. The van der Waals surface area contributed by atoms with Gasteiger partial charge < -0.3 is 4.74 Å². The fourth-order valence-corrected chi connectivity index (χ4v) is 6.85. The molecule has 2 heterocycles. The van der Waals surface area contributed by atoms with Gasteiger partial charge in [-0.25, -0.2) is 4.90 Å². The van der Waals surface area contributed by atoms with Crippen LogP contribution >= 0.6 is 0 Å². The molecule has 5 aromatic carbocycles. The van der Waals surface area contributed by atoms with E-state index in [-0.39, 0.29) is 55.6 Å². The average Bonchev–Trinajstić information content (AvgIpc) is 3.05. The normalized spacial score (nSPS) is 14.2. The summed E-state index contributed by atoms with van der Waals surface area (Å²) in [4.78, 5) is 65.6. The van der Waals surface area contributed by atoms with E-state index >= 15 is 0 Å². The van der Waals surface area contributed by atoms with Gasteiger partial charge in [0.15, 0.2) is 5.78 Å². The van der Waals surface area contributed by atoms with Gasteiger partial charge in [-0.15, -0.1) is 0 Å². The van der Waals surface area contributed by atoms with Crippen molar-refractivity contribution >= 4 is 66.1 Å². The van der Waals surface area contributed by atoms with E-state index in [1.807, 2.05) is 0 Å². The summed E-state index contributed by atoms with van der Waals surface area (Å²) in [7, 11) is -9.48. The molecule has 0 radical (unpaired) electrons. The minimum absolute atomic E-state index is 0.00277. The molecule has 0 spiro atoms. The van der Waals surface area contributed by atoms with Crippen molar-refractivity contribution in [1.29, 1.82) is 0 Å². The lowest BCUT2D eigenvalue weighted by Crippen LogP contribution is -2.42. The zero-order valence-electron chi connectivity index (χ0n) is 24.4. The van der Waals surface area contributed by atoms with Gasteiger partial charge in [0.2, 0.25) is 0 Å². The van der Waals surface area contributed by atoms with Crippen LogP contribution < -0.4 is 15.0 Å². The van der Waals surface area contributed by atoms with E-state index in [0.29, 0.717) is 0 Å². The first-order valence-electron chi connectivity index (χ1n) is 14.0. The lowest BCUT2D eigenvalue weighted by molar-refractivity contribution is 0.0837. The molecule has 2 aliphatic heterocycles. The predicted octanol–water partition coefficient (Wildman–Crippen LogP) is 4.04. The maximum absolute atomic E-state index is 13.8. The van der Waals surface area contributed by atoms with Crippen LogP contribution in [-0.4, -0.2) is 55.4 Å². The number of rotatable bonds is 7. The fourth-order valence-electron chi connectivity index (χ4n) is 5.73. The second-order valence-electron chi connectivity index (χ2n) is 10.9. The molecular formula is C33H18N2O12S2. The van der Waals surface area contributed by atoms with E-state index in [9.17, 15) is 45.4 Å². The standard InChI is InChI=1S/C33H18N2O12S2/c36-29(17-4-13-25(26(15-17)49(44,45)46)47-19-5-7-20(8-6-19)48(41,42)43)16-2-1-3-18(14-16)35-32(39)23-11-9-21-27-22(31(38)34-30(21)37)10-12-24(28(23)27)33(35)40/h1-15H,(H,34,37,38)(H,41,42,43)(H,44,45,46). The van der Waals surface area contributed by atoms with Crippen LogP contribution in [0.2, 0.25) is 0 Å². The second kappa shape index (κ2) is 11.0. The highest BCUT2D eigenvalue weighted by Crippen LogP contribution is 2.38. The number of hydrogen-bond donors (Lipinski definition) is 3. The number of anilines is 1. The summed E-state index contributed by atoms with van der Waals surface area (Å²) in [6, 6.07) is 18.4. The van der Waals surface area contributed by atoms with E-state index in [0.717, 1.165) is 41.3 Å². The zero-order valence-corrected chi connectivity index (χ0v) is 26.0. The molecule has 4 amide bonds. The Balaban J connectivity index is 1.23. The van der Waals surface area contributed by atoms with E-state index in [1.54, 1.807) is 0 Å². The van der Waals surface area contributed by atoms with E-state index in [1.165, 1.54) is 54.6 Å². The molecule has 2 aliphatic rings. The number of carbonyl (C=O) groups is 5. The minimum atomic E-state index is -4.98. The average molecular weight is 699 g/mol. The van der Waals surface area contributed by atoms with Crippen LogP contribution in [0.4, 0.5) is 5.69 Å². The first-order chi connectivity index (χ1) is 23.1. The highest BCUT2D eigenvalue weighted by molar-refractivity contribution is 7.86. The Hall–Kier alpha value is -6.07. The van der Waals surface area contributed by atoms with Gasteiger partial charge in [0, 0.05) is 44.2 Å². The second-order valence-corrected chi connectivity index (χ2v) is 13.7. The number of hydrogen-bond acceptors (Lipinski definition) is 10.